The molecule has 2 saturated heterocycles. The fourth-order valence-electron chi connectivity index (χ4n) is 3.99. The smallest absolute Gasteiger partial charge is 0.484 e. The molecule has 0 bridgehead atoms. The van der Waals surface area contributed by atoms with Gasteiger partial charge in [0.25, 0.3) is 0 Å². The summed E-state index contributed by atoms with van der Waals surface area (Å²) in [5, 5.41) is 13.1. The van der Waals surface area contributed by atoms with Gasteiger partial charge in [0.2, 0.25) is 11.8 Å². The normalized spacial score (nSPS) is 18.2. The van der Waals surface area contributed by atoms with Crippen molar-refractivity contribution >= 4 is 17.7 Å². The van der Waals surface area contributed by atoms with E-state index in [1.807, 2.05) is 42.2 Å². The number of ether oxygens (including phenoxy) is 2. The quantitative estimate of drug-likeness (QED) is 0.471. The number of rotatable bonds is 7. The number of alkyl halides is 3. The Bertz CT molecular complexity index is 1090. The monoisotopic (exact) mass is 528 g/mol. The van der Waals surface area contributed by atoms with Gasteiger partial charge in [-0.3, -0.25) is 4.79 Å². The Morgan fingerprint density at radius 3 is 2.46 bits per heavy atom. The molecule has 3 heterocycles. The zero-order valence-electron chi connectivity index (χ0n) is 20.3. The van der Waals surface area contributed by atoms with Crippen molar-refractivity contribution in [2.45, 2.75) is 44.1 Å². The van der Waals surface area contributed by atoms with E-state index in [0.717, 1.165) is 25.1 Å². The highest BCUT2D eigenvalue weighted by molar-refractivity contribution is 5.82. The number of nitrogens with zero attached hydrogens (tertiary/aromatic N) is 2. The highest BCUT2D eigenvalue weighted by Crippen LogP contribution is 2.34. The highest BCUT2D eigenvalue weighted by atomic mass is 19.4. The van der Waals surface area contributed by atoms with Crippen molar-refractivity contribution in [2.24, 2.45) is 0 Å². The molecule has 2 aliphatic rings. The van der Waals surface area contributed by atoms with Crippen LogP contribution >= 0.6 is 0 Å². The first-order chi connectivity index (χ1) is 17.4. The number of aromatic nitrogens is 1. The molecule has 2 aromatic rings. The lowest BCUT2D eigenvalue weighted by Gasteiger charge is -2.48. The lowest BCUT2D eigenvalue weighted by Crippen LogP contribution is -2.63. The van der Waals surface area contributed by atoms with Crippen molar-refractivity contribution in [2.75, 3.05) is 31.6 Å². The SMILES string of the molecule is COc1nc(N2CC(C)(Oc3ccccc3)C2)c(F)cc1CNC(=O)[C@@H]1CCCN1.O=C(O)C(F)(F)F. The van der Waals surface area contributed by atoms with E-state index in [1.165, 1.54) is 13.2 Å². The van der Waals surface area contributed by atoms with Gasteiger partial charge in [0.05, 0.1) is 26.2 Å². The van der Waals surface area contributed by atoms with Crippen LogP contribution in [0, 0.1) is 5.82 Å². The molecule has 1 atom stereocenters. The number of carbonyl (C=O) groups excluding carboxylic acids is 1. The molecule has 0 spiro atoms. The molecule has 13 heteroatoms. The van der Waals surface area contributed by atoms with Crippen LogP contribution in [0.2, 0.25) is 0 Å². The van der Waals surface area contributed by atoms with Crippen LogP contribution in [0.4, 0.5) is 23.4 Å². The van der Waals surface area contributed by atoms with Crippen LogP contribution < -0.4 is 25.0 Å². The summed E-state index contributed by atoms with van der Waals surface area (Å²) in [7, 11) is 1.49. The number of para-hydroxylation sites is 1. The third-order valence-electron chi connectivity index (χ3n) is 5.72. The molecule has 4 rings (SSSR count). The molecule has 2 aliphatic heterocycles. The minimum absolute atomic E-state index is 0.0874. The predicted molar refractivity (Wildman–Crippen MR) is 125 cm³/mol. The average molecular weight is 529 g/mol. The molecule has 202 valence electrons. The first-order valence-electron chi connectivity index (χ1n) is 11.5. The fourth-order valence-corrected chi connectivity index (χ4v) is 3.99. The van der Waals surface area contributed by atoms with Gasteiger partial charge in [0, 0.05) is 12.1 Å². The van der Waals surface area contributed by atoms with Crippen molar-refractivity contribution in [3.05, 3.63) is 47.8 Å². The lowest BCUT2D eigenvalue weighted by molar-refractivity contribution is -0.192. The summed E-state index contributed by atoms with van der Waals surface area (Å²) in [5.41, 5.74) is 0.0952. The third kappa shape index (κ3) is 7.44. The molecule has 37 heavy (non-hydrogen) atoms. The lowest BCUT2D eigenvalue weighted by atomic mass is 9.96. The van der Waals surface area contributed by atoms with E-state index < -0.39 is 23.6 Å². The second-order valence-electron chi connectivity index (χ2n) is 8.85. The summed E-state index contributed by atoms with van der Waals surface area (Å²) in [6.45, 7) is 4.03. The fraction of sp³-hybridized carbons (Fsp3) is 0.458. The van der Waals surface area contributed by atoms with Crippen LogP contribution in [-0.4, -0.2) is 66.5 Å². The molecule has 1 aromatic heterocycles. The number of hydrogen-bond acceptors (Lipinski definition) is 7. The van der Waals surface area contributed by atoms with Crippen molar-refractivity contribution in [1.29, 1.82) is 0 Å². The average Bonchev–Trinajstić information content (AvgIpc) is 3.37. The van der Waals surface area contributed by atoms with Gasteiger partial charge in [-0.15, -0.1) is 0 Å². The number of carboxylic acids is 1. The van der Waals surface area contributed by atoms with E-state index in [2.05, 4.69) is 15.6 Å². The maximum atomic E-state index is 14.8. The minimum atomic E-state index is -5.08. The number of benzene rings is 1. The minimum Gasteiger partial charge on any atom is -0.484 e. The summed E-state index contributed by atoms with van der Waals surface area (Å²) >= 11 is 0. The van der Waals surface area contributed by atoms with Crippen LogP contribution in [0.1, 0.15) is 25.3 Å². The number of nitrogens with one attached hydrogen (secondary N) is 2. The largest absolute Gasteiger partial charge is 0.490 e. The Labute approximate surface area is 210 Å². The summed E-state index contributed by atoms with van der Waals surface area (Å²) < 4.78 is 58.0. The van der Waals surface area contributed by atoms with Crippen LogP contribution in [0.25, 0.3) is 0 Å². The first kappa shape index (κ1) is 28.0. The number of amides is 1. The Hall–Kier alpha value is -3.61. The van der Waals surface area contributed by atoms with Crippen molar-refractivity contribution in [3.8, 4) is 11.6 Å². The number of pyridine rings is 1. The number of aliphatic carboxylic acids is 1. The second kappa shape index (κ2) is 11.6. The number of halogens is 4. The molecule has 0 aliphatic carbocycles. The zero-order chi connectivity index (χ0) is 27.2. The number of anilines is 1. The van der Waals surface area contributed by atoms with Gasteiger partial charge in [0.15, 0.2) is 11.6 Å². The second-order valence-corrected chi connectivity index (χ2v) is 8.85. The maximum Gasteiger partial charge on any atom is 0.490 e. The molecule has 2 fully saturated rings. The van der Waals surface area contributed by atoms with Crippen LogP contribution in [0.3, 0.4) is 0 Å². The van der Waals surface area contributed by atoms with E-state index in [-0.39, 0.29) is 24.3 Å². The van der Waals surface area contributed by atoms with E-state index in [1.54, 1.807) is 0 Å². The van der Waals surface area contributed by atoms with Gasteiger partial charge in [-0.05, 0) is 44.5 Å². The Kier molecular flexibility index (Phi) is 8.79. The van der Waals surface area contributed by atoms with Crippen LogP contribution in [0.5, 0.6) is 11.6 Å². The summed E-state index contributed by atoms with van der Waals surface area (Å²) in [6, 6.07) is 10.8. The van der Waals surface area contributed by atoms with Gasteiger partial charge in [0.1, 0.15) is 11.4 Å². The topological polar surface area (TPSA) is 113 Å². The molecule has 0 unspecified atom stereocenters. The molecule has 1 amide bonds. The van der Waals surface area contributed by atoms with Gasteiger partial charge in [-0.2, -0.15) is 18.2 Å². The molecule has 0 radical (unpaired) electrons. The highest BCUT2D eigenvalue weighted by Gasteiger charge is 2.43. The molecular formula is C24H28F4N4O5. The Morgan fingerprint density at radius 2 is 1.92 bits per heavy atom. The summed E-state index contributed by atoms with van der Waals surface area (Å²) in [4.78, 5) is 27.3. The molecule has 9 nitrogen and oxygen atoms in total. The summed E-state index contributed by atoms with van der Waals surface area (Å²) in [5.74, 6) is -1.96. The Balaban J connectivity index is 0.000000479. The van der Waals surface area contributed by atoms with E-state index in [9.17, 15) is 22.4 Å². The van der Waals surface area contributed by atoms with Crippen molar-refractivity contribution in [3.63, 3.8) is 0 Å². The molecule has 0 saturated carbocycles. The van der Waals surface area contributed by atoms with Crippen molar-refractivity contribution < 1.29 is 41.7 Å². The van der Waals surface area contributed by atoms with E-state index in [4.69, 9.17) is 19.4 Å². The predicted octanol–water partition coefficient (Wildman–Crippen LogP) is 2.89. The Morgan fingerprint density at radius 1 is 1.27 bits per heavy atom. The van der Waals surface area contributed by atoms with Gasteiger partial charge >= 0.3 is 12.1 Å². The molecular weight excluding hydrogens is 500 g/mol. The first-order valence-corrected chi connectivity index (χ1v) is 11.5. The number of carbonyl (C=O) groups is 2. The van der Waals surface area contributed by atoms with E-state index >= 15 is 0 Å². The standard InChI is InChI=1S/C22H27FN4O3.C2HF3O2/c1-22(30-16-7-4-3-5-8-16)13-27(14-22)19-17(23)11-15(21(26-19)29-2)12-25-20(28)18-9-6-10-24-18;3-2(4,5)1(6)7/h3-5,7-8,11,18,24H,6,9-10,12-14H2,1-2H3,(H,25,28);(H,6,7)/t18-;/m0./s1. The van der Waals surface area contributed by atoms with Crippen LogP contribution in [-0.2, 0) is 16.1 Å². The van der Waals surface area contributed by atoms with Crippen LogP contribution in [0.15, 0.2) is 36.4 Å². The van der Waals surface area contributed by atoms with Gasteiger partial charge < -0.3 is 30.1 Å². The number of methoxy groups -OCH3 is 1. The van der Waals surface area contributed by atoms with E-state index in [0.29, 0.717) is 24.5 Å². The number of hydrogen-bond donors (Lipinski definition) is 3. The maximum absolute atomic E-state index is 14.8. The summed E-state index contributed by atoms with van der Waals surface area (Å²) in [6.07, 6.45) is -3.29. The zero-order valence-corrected chi connectivity index (χ0v) is 20.3. The molecule has 3 N–H and O–H groups in total. The van der Waals surface area contributed by atoms with Crippen molar-refractivity contribution in [1.82, 2.24) is 15.6 Å². The van der Waals surface area contributed by atoms with Gasteiger partial charge in [-0.1, -0.05) is 18.2 Å². The third-order valence-corrected chi connectivity index (χ3v) is 5.72. The number of carboxylic acid groups (broad SMARTS) is 1. The van der Waals surface area contributed by atoms with Gasteiger partial charge in [-0.25, -0.2) is 9.18 Å². The molecule has 1 aromatic carbocycles.